The van der Waals surface area contributed by atoms with Crippen molar-refractivity contribution in [3.8, 4) is 0 Å². The molecule has 132 valence electrons. The smallest absolute Gasteiger partial charge is 0.274 e. The van der Waals surface area contributed by atoms with Crippen molar-refractivity contribution >= 4 is 5.91 Å². The van der Waals surface area contributed by atoms with Crippen molar-refractivity contribution in [1.82, 2.24) is 15.4 Å². The van der Waals surface area contributed by atoms with E-state index in [1.807, 2.05) is 0 Å². The second kappa shape index (κ2) is 6.46. The van der Waals surface area contributed by atoms with Crippen molar-refractivity contribution < 1.29 is 18.8 Å². The van der Waals surface area contributed by atoms with Crippen LogP contribution in [-0.2, 0) is 16.1 Å². The topological polar surface area (TPSA) is 76.8 Å². The molecule has 1 aromatic heterocycles. The highest BCUT2D eigenvalue weighted by Crippen LogP contribution is 2.43. The van der Waals surface area contributed by atoms with E-state index in [2.05, 4.69) is 15.4 Å². The third kappa shape index (κ3) is 2.55. The quantitative estimate of drug-likeness (QED) is 0.869. The van der Waals surface area contributed by atoms with Gasteiger partial charge in [-0.15, -0.1) is 0 Å². The van der Waals surface area contributed by atoms with Crippen molar-refractivity contribution in [3.63, 3.8) is 0 Å². The predicted molar refractivity (Wildman–Crippen MR) is 85.6 cm³/mol. The van der Waals surface area contributed by atoms with Crippen LogP contribution < -0.4 is 5.32 Å². The van der Waals surface area contributed by atoms with Crippen LogP contribution >= 0.6 is 0 Å². The standard InChI is InChI=1S/C17H25N3O4/c1-10-12(9-22-2)14(19-24-10)17(21)18-13-11-5-8-23-16(11)15(13)20-6-3-4-7-20/h11,13,15-16H,3-9H2,1-2H3,(H,18,21)/t11-,13+,15-,16-/m1/s1. The Morgan fingerprint density at radius 1 is 1.42 bits per heavy atom. The van der Waals surface area contributed by atoms with E-state index < -0.39 is 0 Å². The molecule has 1 saturated carbocycles. The molecule has 4 atom stereocenters. The summed E-state index contributed by atoms with van der Waals surface area (Å²) in [5, 5.41) is 7.15. The number of aromatic nitrogens is 1. The number of carbonyl (C=O) groups is 1. The van der Waals surface area contributed by atoms with Gasteiger partial charge in [-0.05, 0) is 39.3 Å². The van der Waals surface area contributed by atoms with Gasteiger partial charge in [0.2, 0.25) is 0 Å². The second-order valence-corrected chi connectivity index (χ2v) is 7.02. The van der Waals surface area contributed by atoms with Crippen LogP contribution in [0.25, 0.3) is 0 Å². The van der Waals surface area contributed by atoms with Crippen LogP contribution in [0.15, 0.2) is 4.52 Å². The Kier molecular flexibility index (Phi) is 4.32. The average Bonchev–Trinajstić information content (AvgIpc) is 3.28. The van der Waals surface area contributed by atoms with E-state index in [-0.39, 0.29) is 18.1 Å². The molecule has 3 aliphatic rings. The molecule has 0 spiro atoms. The molecule has 4 rings (SSSR count). The lowest BCUT2D eigenvalue weighted by atomic mass is 9.70. The Hall–Kier alpha value is -1.44. The molecule has 0 bridgehead atoms. The molecule has 1 N–H and O–H groups in total. The Morgan fingerprint density at radius 2 is 2.21 bits per heavy atom. The highest BCUT2D eigenvalue weighted by atomic mass is 16.5. The molecular formula is C17H25N3O4. The van der Waals surface area contributed by atoms with Crippen molar-refractivity contribution in [1.29, 1.82) is 0 Å². The molecule has 2 saturated heterocycles. The van der Waals surface area contributed by atoms with E-state index in [1.54, 1.807) is 14.0 Å². The van der Waals surface area contributed by atoms with Gasteiger partial charge in [0.25, 0.3) is 5.91 Å². The van der Waals surface area contributed by atoms with Crippen molar-refractivity contribution in [2.45, 2.75) is 51.0 Å². The largest absolute Gasteiger partial charge is 0.380 e. The first-order chi connectivity index (χ1) is 11.7. The maximum atomic E-state index is 12.8. The third-order valence-corrected chi connectivity index (χ3v) is 5.70. The normalized spacial score (nSPS) is 32.6. The van der Waals surface area contributed by atoms with E-state index in [4.69, 9.17) is 14.0 Å². The maximum Gasteiger partial charge on any atom is 0.274 e. The van der Waals surface area contributed by atoms with E-state index >= 15 is 0 Å². The zero-order valence-electron chi connectivity index (χ0n) is 14.3. The highest BCUT2D eigenvalue weighted by Gasteiger charge is 2.57. The first kappa shape index (κ1) is 16.1. The fourth-order valence-electron chi connectivity index (χ4n) is 4.45. The maximum absolute atomic E-state index is 12.8. The highest BCUT2D eigenvalue weighted by molar-refractivity contribution is 5.94. The summed E-state index contributed by atoms with van der Waals surface area (Å²) < 4.78 is 16.3. The number of aryl methyl sites for hydroxylation is 1. The number of methoxy groups -OCH3 is 1. The number of amides is 1. The number of fused-ring (bicyclic) bond motifs is 1. The van der Waals surface area contributed by atoms with Crippen LogP contribution in [0.1, 0.15) is 41.1 Å². The molecule has 24 heavy (non-hydrogen) atoms. The van der Waals surface area contributed by atoms with Crippen molar-refractivity contribution in [3.05, 3.63) is 17.0 Å². The number of likely N-dealkylation sites (tertiary alicyclic amines) is 1. The summed E-state index contributed by atoms with van der Waals surface area (Å²) in [5.74, 6) is 0.880. The second-order valence-electron chi connectivity index (χ2n) is 7.02. The molecule has 1 aromatic rings. The number of carbonyl (C=O) groups excluding carboxylic acids is 1. The molecule has 7 heteroatoms. The summed E-state index contributed by atoms with van der Waals surface area (Å²) in [6.07, 6.45) is 3.75. The molecule has 1 amide bonds. The monoisotopic (exact) mass is 335 g/mol. The van der Waals surface area contributed by atoms with Gasteiger partial charge in [0.15, 0.2) is 5.69 Å². The molecule has 0 aromatic carbocycles. The predicted octanol–water partition coefficient (Wildman–Crippen LogP) is 1.11. The summed E-state index contributed by atoms with van der Waals surface area (Å²) in [4.78, 5) is 15.2. The summed E-state index contributed by atoms with van der Waals surface area (Å²) in [7, 11) is 1.60. The first-order valence-corrected chi connectivity index (χ1v) is 8.81. The molecule has 0 unspecified atom stereocenters. The molecule has 3 heterocycles. The Balaban J connectivity index is 1.50. The number of nitrogens with zero attached hydrogens (tertiary/aromatic N) is 2. The third-order valence-electron chi connectivity index (χ3n) is 5.70. The number of nitrogens with one attached hydrogen (secondary N) is 1. The Labute approximate surface area is 141 Å². The molecule has 1 aliphatic carbocycles. The van der Waals surface area contributed by atoms with E-state index in [0.29, 0.717) is 30.0 Å². The SMILES string of the molecule is COCc1c(C(=O)N[C@H]2[C@H]3CCO[C@H]3[C@@H]2N2CCCC2)noc1C. The van der Waals surface area contributed by atoms with Gasteiger partial charge in [0.1, 0.15) is 5.76 Å². The summed E-state index contributed by atoms with van der Waals surface area (Å²) in [6.45, 7) is 5.12. The zero-order valence-corrected chi connectivity index (χ0v) is 14.3. The van der Waals surface area contributed by atoms with Gasteiger partial charge in [-0.25, -0.2) is 0 Å². The summed E-state index contributed by atoms with van der Waals surface area (Å²) in [5.41, 5.74) is 1.07. The molecule has 7 nitrogen and oxygen atoms in total. The van der Waals surface area contributed by atoms with Crippen LogP contribution in [-0.4, -0.2) is 61.0 Å². The van der Waals surface area contributed by atoms with Crippen LogP contribution in [0.3, 0.4) is 0 Å². The molecule has 3 fully saturated rings. The lowest BCUT2D eigenvalue weighted by molar-refractivity contribution is -0.0748. The van der Waals surface area contributed by atoms with E-state index in [9.17, 15) is 4.79 Å². The number of hydrogen-bond acceptors (Lipinski definition) is 6. The van der Waals surface area contributed by atoms with Gasteiger partial charge < -0.3 is 19.3 Å². The molecular weight excluding hydrogens is 310 g/mol. The van der Waals surface area contributed by atoms with Crippen molar-refractivity contribution in [2.75, 3.05) is 26.8 Å². The number of ether oxygens (including phenoxy) is 2. The van der Waals surface area contributed by atoms with Crippen molar-refractivity contribution in [2.24, 2.45) is 5.92 Å². The van der Waals surface area contributed by atoms with Crippen LogP contribution in [0, 0.1) is 12.8 Å². The minimum atomic E-state index is -0.168. The number of hydrogen-bond donors (Lipinski definition) is 1. The van der Waals surface area contributed by atoms with Crippen LogP contribution in [0.2, 0.25) is 0 Å². The van der Waals surface area contributed by atoms with Gasteiger partial charge in [0, 0.05) is 19.6 Å². The van der Waals surface area contributed by atoms with E-state index in [1.165, 1.54) is 12.8 Å². The fourth-order valence-corrected chi connectivity index (χ4v) is 4.45. The summed E-state index contributed by atoms with van der Waals surface area (Å²) >= 11 is 0. The Bertz CT molecular complexity index is 606. The minimum absolute atomic E-state index is 0.135. The lowest BCUT2D eigenvalue weighted by Gasteiger charge is -2.51. The van der Waals surface area contributed by atoms with Gasteiger partial charge >= 0.3 is 0 Å². The van der Waals surface area contributed by atoms with Gasteiger partial charge in [0.05, 0.1) is 30.4 Å². The van der Waals surface area contributed by atoms with Gasteiger partial charge in [-0.3, -0.25) is 9.69 Å². The first-order valence-electron chi connectivity index (χ1n) is 8.81. The van der Waals surface area contributed by atoms with Crippen LogP contribution in [0.5, 0.6) is 0 Å². The average molecular weight is 335 g/mol. The van der Waals surface area contributed by atoms with Gasteiger partial charge in [-0.1, -0.05) is 5.16 Å². The fraction of sp³-hybridized carbons (Fsp3) is 0.765. The number of rotatable bonds is 5. The van der Waals surface area contributed by atoms with Crippen LogP contribution in [0.4, 0.5) is 0 Å². The zero-order chi connectivity index (χ0) is 16.7. The Morgan fingerprint density at radius 3 is 2.96 bits per heavy atom. The minimum Gasteiger partial charge on any atom is -0.380 e. The lowest BCUT2D eigenvalue weighted by Crippen LogP contribution is -2.70. The van der Waals surface area contributed by atoms with E-state index in [0.717, 1.165) is 31.7 Å². The van der Waals surface area contributed by atoms with Gasteiger partial charge in [-0.2, -0.15) is 0 Å². The molecule has 0 radical (unpaired) electrons. The summed E-state index contributed by atoms with van der Waals surface area (Å²) in [6, 6.07) is 0.429. The molecule has 2 aliphatic heterocycles.